The van der Waals surface area contributed by atoms with Crippen LogP contribution >= 0.6 is 0 Å². The third-order valence-corrected chi connectivity index (χ3v) is 2.41. The lowest BCUT2D eigenvalue weighted by Gasteiger charge is -2.28. The van der Waals surface area contributed by atoms with Crippen molar-refractivity contribution in [3.05, 3.63) is 0 Å². The van der Waals surface area contributed by atoms with Gasteiger partial charge >= 0.3 is 0 Å². The Hall–Kier alpha value is -0.810. The number of aliphatic hydroxyl groups is 1. The van der Waals surface area contributed by atoms with Crippen molar-refractivity contribution in [1.82, 2.24) is 10.6 Å². The Morgan fingerprint density at radius 1 is 1.35 bits per heavy atom. The predicted octanol–water partition coefficient (Wildman–Crippen LogP) is 0.595. The first-order chi connectivity index (χ1) is 7.95. The number of nitrogens with zero attached hydrogens (tertiary/aromatic N) is 1. The van der Waals surface area contributed by atoms with E-state index in [1.807, 2.05) is 6.92 Å². The zero-order valence-corrected chi connectivity index (χ0v) is 11.7. The Bertz CT molecular complexity index is 224. The van der Waals surface area contributed by atoms with Gasteiger partial charge in [0.15, 0.2) is 5.96 Å². The molecule has 1 atom stereocenters. The lowest BCUT2D eigenvalue weighted by molar-refractivity contribution is 0.0241. The van der Waals surface area contributed by atoms with Crippen LogP contribution in [0.2, 0.25) is 0 Å². The standard InChI is InChI=1S/C12H27N3O2/c1-6-13-11(14-7-8-16)15-9-10(17-5)12(2,3)4/h10,16H,6-9H2,1-5H3,(H2,13,14,15). The van der Waals surface area contributed by atoms with Crippen molar-refractivity contribution in [2.45, 2.75) is 33.8 Å². The Balaban J connectivity index is 4.38. The van der Waals surface area contributed by atoms with Crippen LogP contribution in [-0.4, -0.2) is 50.5 Å². The van der Waals surface area contributed by atoms with Crippen molar-refractivity contribution < 1.29 is 9.84 Å². The molecule has 3 N–H and O–H groups in total. The monoisotopic (exact) mass is 245 g/mol. The minimum absolute atomic E-state index is 0.0621. The van der Waals surface area contributed by atoms with E-state index in [0.29, 0.717) is 19.0 Å². The maximum absolute atomic E-state index is 8.77. The normalized spacial score (nSPS) is 14.6. The van der Waals surface area contributed by atoms with Crippen molar-refractivity contribution >= 4 is 5.96 Å². The molecule has 0 bridgehead atoms. The molecule has 0 aliphatic rings. The first kappa shape index (κ1) is 16.2. The molecule has 0 rings (SSSR count). The van der Waals surface area contributed by atoms with Gasteiger partial charge in [-0.05, 0) is 12.3 Å². The molecule has 0 aliphatic carbocycles. The third-order valence-electron chi connectivity index (χ3n) is 2.41. The van der Waals surface area contributed by atoms with Gasteiger partial charge in [-0.3, -0.25) is 4.99 Å². The second kappa shape index (κ2) is 8.31. The number of guanidine groups is 1. The van der Waals surface area contributed by atoms with Crippen molar-refractivity contribution in [1.29, 1.82) is 0 Å². The summed E-state index contributed by atoms with van der Waals surface area (Å²) in [5.74, 6) is 0.716. The number of hydrogen-bond donors (Lipinski definition) is 3. The lowest BCUT2D eigenvalue weighted by atomic mass is 9.89. The van der Waals surface area contributed by atoms with E-state index in [-0.39, 0.29) is 18.1 Å². The van der Waals surface area contributed by atoms with Gasteiger partial charge in [-0.15, -0.1) is 0 Å². The van der Waals surface area contributed by atoms with Crippen LogP contribution in [0.25, 0.3) is 0 Å². The Labute approximate surface area is 105 Å². The molecule has 5 nitrogen and oxygen atoms in total. The summed E-state index contributed by atoms with van der Waals surface area (Å²) in [6, 6.07) is 0. The fraction of sp³-hybridized carbons (Fsp3) is 0.917. The number of methoxy groups -OCH3 is 1. The molecule has 0 amide bonds. The molecule has 0 radical (unpaired) electrons. The molecule has 0 aromatic rings. The summed E-state index contributed by atoms with van der Waals surface area (Å²) < 4.78 is 5.44. The number of rotatable bonds is 6. The summed E-state index contributed by atoms with van der Waals surface area (Å²) in [5, 5.41) is 14.9. The van der Waals surface area contributed by atoms with Gasteiger partial charge in [-0.25, -0.2) is 0 Å². The average Bonchev–Trinajstić information content (AvgIpc) is 2.24. The maximum Gasteiger partial charge on any atom is 0.191 e. The van der Waals surface area contributed by atoms with Gasteiger partial charge < -0.3 is 20.5 Å². The molecule has 0 spiro atoms. The summed E-state index contributed by atoms with van der Waals surface area (Å²) in [6.07, 6.45) is 0.0760. The van der Waals surface area contributed by atoms with Crippen molar-refractivity contribution in [2.75, 3.05) is 33.4 Å². The van der Waals surface area contributed by atoms with Crippen LogP contribution in [0.1, 0.15) is 27.7 Å². The average molecular weight is 245 g/mol. The number of hydrogen-bond acceptors (Lipinski definition) is 3. The van der Waals surface area contributed by atoms with Gasteiger partial charge in [0.2, 0.25) is 0 Å². The highest BCUT2D eigenvalue weighted by atomic mass is 16.5. The van der Waals surface area contributed by atoms with Crippen LogP contribution < -0.4 is 10.6 Å². The highest BCUT2D eigenvalue weighted by Crippen LogP contribution is 2.21. The summed E-state index contributed by atoms with van der Waals surface area (Å²) in [6.45, 7) is 10.4. The number of ether oxygens (including phenoxy) is 1. The Kier molecular flexibility index (Phi) is 7.91. The minimum atomic E-state index is 0.0621. The largest absolute Gasteiger partial charge is 0.395 e. The van der Waals surface area contributed by atoms with Gasteiger partial charge in [-0.2, -0.15) is 0 Å². The van der Waals surface area contributed by atoms with Crippen LogP contribution in [0.5, 0.6) is 0 Å². The zero-order chi connectivity index (χ0) is 13.3. The van der Waals surface area contributed by atoms with E-state index < -0.39 is 0 Å². The molecule has 1 unspecified atom stereocenters. The summed E-state index contributed by atoms with van der Waals surface area (Å²) in [5.41, 5.74) is 0.0621. The van der Waals surface area contributed by atoms with E-state index in [2.05, 4.69) is 36.4 Å². The van der Waals surface area contributed by atoms with Crippen molar-refractivity contribution in [2.24, 2.45) is 10.4 Å². The first-order valence-corrected chi connectivity index (χ1v) is 6.11. The smallest absolute Gasteiger partial charge is 0.191 e. The van der Waals surface area contributed by atoms with E-state index in [1.165, 1.54) is 0 Å². The molecule has 102 valence electrons. The summed E-state index contributed by atoms with van der Waals surface area (Å²) in [7, 11) is 1.71. The predicted molar refractivity (Wildman–Crippen MR) is 71.3 cm³/mol. The van der Waals surface area contributed by atoms with Crippen LogP contribution in [0, 0.1) is 5.41 Å². The highest BCUT2D eigenvalue weighted by Gasteiger charge is 2.23. The van der Waals surface area contributed by atoms with Gasteiger partial charge in [0.25, 0.3) is 0 Å². The van der Waals surface area contributed by atoms with Gasteiger partial charge in [0.1, 0.15) is 0 Å². The van der Waals surface area contributed by atoms with E-state index in [1.54, 1.807) is 7.11 Å². The Morgan fingerprint density at radius 3 is 2.41 bits per heavy atom. The lowest BCUT2D eigenvalue weighted by Crippen LogP contribution is -2.40. The SMILES string of the molecule is CCNC(=NCC(OC)C(C)(C)C)NCCO. The van der Waals surface area contributed by atoms with Gasteiger partial charge in [0.05, 0.1) is 19.3 Å². The van der Waals surface area contributed by atoms with E-state index in [9.17, 15) is 0 Å². The van der Waals surface area contributed by atoms with Crippen LogP contribution in [-0.2, 0) is 4.74 Å². The number of aliphatic hydroxyl groups excluding tert-OH is 1. The van der Waals surface area contributed by atoms with Crippen LogP contribution in [0.4, 0.5) is 0 Å². The molecular weight excluding hydrogens is 218 g/mol. The number of nitrogens with one attached hydrogen (secondary N) is 2. The molecule has 0 saturated carbocycles. The summed E-state index contributed by atoms with van der Waals surface area (Å²) >= 11 is 0. The molecule has 0 aliphatic heterocycles. The maximum atomic E-state index is 8.77. The second-order valence-corrected chi connectivity index (χ2v) is 4.96. The molecular formula is C12H27N3O2. The zero-order valence-electron chi connectivity index (χ0n) is 11.7. The van der Waals surface area contributed by atoms with Crippen LogP contribution in [0.3, 0.4) is 0 Å². The topological polar surface area (TPSA) is 65.9 Å². The molecule has 0 heterocycles. The van der Waals surface area contributed by atoms with Crippen molar-refractivity contribution in [3.8, 4) is 0 Å². The minimum Gasteiger partial charge on any atom is -0.395 e. The quantitative estimate of drug-likeness (QED) is 0.473. The molecule has 0 aromatic heterocycles. The van der Waals surface area contributed by atoms with Gasteiger partial charge in [-0.1, -0.05) is 20.8 Å². The highest BCUT2D eigenvalue weighted by molar-refractivity contribution is 5.79. The van der Waals surface area contributed by atoms with Crippen molar-refractivity contribution in [3.63, 3.8) is 0 Å². The molecule has 5 heteroatoms. The molecule has 0 fully saturated rings. The molecule has 0 aromatic carbocycles. The third kappa shape index (κ3) is 7.18. The fourth-order valence-corrected chi connectivity index (χ4v) is 1.39. The first-order valence-electron chi connectivity index (χ1n) is 6.11. The van der Waals surface area contributed by atoms with E-state index in [4.69, 9.17) is 9.84 Å². The molecule has 0 saturated heterocycles. The summed E-state index contributed by atoms with van der Waals surface area (Å²) in [4.78, 5) is 4.45. The molecule has 17 heavy (non-hydrogen) atoms. The number of aliphatic imine (C=N–C) groups is 1. The van der Waals surface area contributed by atoms with E-state index >= 15 is 0 Å². The van der Waals surface area contributed by atoms with Crippen LogP contribution in [0.15, 0.2) is 4.99 Å². The van der Waals surface area contributed by atoms with E-state index in [0.717, 1.165) is 6.54 Å². The Morgan fingerprint density at radius 2 is 2.00 bits per heavy atom. The second-order valence-electron chi connectivity index (χ2n) is 4.96. The van der Waals surface area contributed by atoms with Gasteiger partial charge in [0, 0.05) is 20.2 Å². The fourth-order valence-electron chi connectivity index (χ4n) is 1.39.